The van der Waals surface area contributed by atoms with E-state index in [1.165, 1.54) is 23.1 Å². The smallest absolute Gasteiger partial charge is 0.264 e. The van der Waals surface area contributed by atoms with Gasteiger partial charge in [-0.2, -0.15) is 0 Å². The van der Waals surface area contributed by atoms with Gasteiger partial charge in [-0.15, -0.1) is 0 Å². The van der Waals surface area contributed by atoms with Gasteiger partial charge in [-0.05, 0) is 62.1 Å². The summed E-state index contributed by atoms with van der Waals surface area (Å²) in [7, 11) is -4.12. The topological polar surface area (TPSA) is 86.8 Å². The van der Waals surface area contributed by atoms with E-state index < -0.39 is 28.5 Å². The Morgan fingerprint density at radius 2 is 1.54 bits per heavy atom. The van der Waals surface area contributed by atoms with Crippen molar-refractivity contribution in [3.8, 4) is 0 Å². The summed E-state index contributed by atoms with van der Waals surface area (Å²) in [6, 6.07) is 23.2. The fraction of sp³-hybridized carbons (Fsp3) is 0.333. The monoisotopic (exact) mass is 569 g/mol. The van der Waals surface area contributed by atoms with Gasteiger partial charge in [-0.1, -0.05) is 80.0 Å². The van der Waals surface area contributed by atoms with Gasteiger partial charge in [0.1, 0.15) is 12.6 Å². The largest absolute Gasteiger partial charge is 0.352 e. The first-order valence-electron chi connectivity index (χ1n) is 13.1. The first-order valence-corrected chi connectivity index (χ1v) is 15.0. The molecule has 0 saturated heterocycles. The molecular weight excluding hydrogens is 534 g/mol. The van der Waals surface area contributed by atoms with Crippen molar-refractivity contribution in [2.75, 3.05) is 17.4 Å². The highest BCUT2D eigenvalue weighted by Gasteiger charge is 2.33. The van der Waals surface area contributed by atoms with E-state index in [1.807, 2.05) is 51.1 Å². The van der Waals surface area contributed by atoms with Gasteiger partial charge in [0.2, 0.25) is 11.8 Å². The van der Waals surface area contributed by atoms with Crippen LogP contribution in [0, 0.1) is 0 Å². The number of halogens is 1. The molecule has 0 unspecified atom stereocenters. The Kier molecular flexibility index (Phi) is 10.9. The summed E-state index contributed by atoms with van der Waals surface area (Å²) in [5, 5.41) is 3.32. The van der Waals surface area contributed by atoms with Crippen molar-refractivity contribution in [2.45, 2.75) is 57.0 Å². The summed E-state index contributed by atoms with van der Waals surface area (Å²) in [5.41, 5.74) is 1.27. The Morgan fingerprint density at radius 3 is 2.13 bits per heavy atom. The van der Waals surface area contributed by atoms with Gasteiger partial charge in [0.15, 0.2) is 0 Å². The molecule has 0 aliphatic rings. The predicted molar refractivity (Wildman–Crippen MR) is 156 cm³/mol. The van der Waals surface area contributed by atoms with E-state index >= 15 is 0 Å². The first kappa shape index (κ1) is 30.2. The summed E-state index contributed by atoms with van der Waals surface area (Å²) in [4.78, 5) is 28.8. The minimum Gasteiger partial charge on any atom is -0.352 e. The molecule has 0 aromatic heterocycles. The molecule has 0 saturated carbocycles. The predicted octanol–water partition coefficient (Wildman–Crippen LogP) is 5.30. The van der Waals surface area contributed by atoms with Crippen LogP contribution in [0.5, 0.6) is 0 Å². The third-order valence-corrected chi connectivity index (χ3v) is 8.60. The zero-order valence-electron chi connectivity index (χ0n) is 22.6. The molecule has 0 aliphatic carbocycles. The summed E-state index contributed by atoms with van der Waals surface area (Å²) in [6.07, 6.45) is 1.64. The van der Waals surface area contributed by atoms with Crippen LogP contribution < -0.4 is 9.62 Å². The second-order valence-electron chi connectivity index (χ2n) is 9.37. The number of hydrogen-bond acceptors (Lipinski definition) is 4. The summed E-state index contributed by atoms with van der Waals surface area (Å²) in [5.74, 6) is -0.731. The SMILES string of the molecule is CC[C@@H](C)NC(=O)[C@@H](CC)N(CCc1ccccc1)C(=O)CN(c1cccc(Cl)c1)S(=O)(=O)c1ccccc1. The number of nitrogens with zero attached hydrogens (tertiary/aromatic N) is 2. The van der Waals surface area contributed by atoms with Crippen LogP contribution in [0.15, 0.2) is 89.8 Å². The van der Waals surface area contributed by atoms with E-state index in [-0.39, 0.29) is 29.1 Å². The van der Waals surface area contributed by atoms with E-state index in [4.69, 9.17) is 11.6 Å². The summed E-state index contributed by atoms with van der Waals surface area (Å²) < 4.78 is 28.6. The molecule has 0 aliphatic heterocycles. The lowest BCUT2D eigenvalue weighted by atomic mass is 10.1. The van der Waals surface area contributed by atoms with Gasteiger partial charge in [-0.3, -0.25) is 13.9 Å². The van der Waals surface area contributed by atoms with Crippen LogP contribution >= 0.6 is 11.6 Å². The van der Waals surface area contributed by atoms with Gasteiger partial charge < -0.3 is 10.2 Å². The third-order valence-electron chi connectivity index (χ3n) is 6.58. The molecular formula is C30H36ClN3O4S. The molecule has 0 heterocycles. The molecule has 0 radical (unpaired) electrons. The molecule has 0 spiro atoms. The number of anilines is 1. The van der Waals surface area contributed by atoms with E-state index in [0.29, 0.717) is 17.9 Å². The van der Waals surface area contributed by atoms with Crippen LogP contribution in [0.1, 0.15) is 39.2 Å². The fourth-order valence-electron chi connectivity index (χ4n) is 4.22. The fourth-order valence-corrected chi connectivity index (χ4v) is 5.83. The average Bonchev–Trinajstić information content (AvgIpc) is 2.94. The second kappa shape index (κ2) is 14.1. The molecule has 0 bridgehead atoms. The van der Waals surface area contributed by atoms with Crippen molar-refractivity contribution in [1.29, 1.82) is 0 Å². The van der Waals surface area contributed by atoms with Crippen molar-refractivity contribution in [1.82, 2.24) is 10.2 Å². The number of hydrogen-bond donors (Lipinski definition) is 1. The number of rotatable bonds is 13. The van der Waals surface area contributed by atoms with Crippen molar-refractivity contribution in [3.63, 3.8) is 0 Å². The lowest BCUT2D eigenvalue weighted by Gasteiger charge is -2.33. The van der Waals surface area contributed by atoms with Crippen LogP contribution in [0.25, 0.3) is 0 Å². The maximum Gasteiger partial charge on any atom is 0.264 e. The minimum absolute atomic E-state index is 0.0511. The number of carbonyl (C=O) groups is 2. The summed E-state index contributed by atoms with van der Waals surface area (Å²) in [6.45, 7) is 5.50. The zero-order valence-corrected chi connectivity index (χ0v) is 24.2. The highest BCUT2D eigenvalue weighted by atomic mass is 35.5. The molecule has 3 rings (SSSR count). The number of sulfonamides is 1. The molecule has 9 heteroatoms. The van der Waals surface area contributed by atoms with Gasteiger partial charge >= 0.3 is 0 Å². The minimum atomic E-state index is -4.12. The first-order chi connectivity index (χ1) is 18.7. The Balaban J connectivity index is 1.99. The highest BCUT2D eigenvalue weighted by Crippen LogP contribution is 2.26. The highest BCUT2D eigenvalue weighted by molar-refractivity contribution is 7.92. The molecule has 39 heavy (non-hydrogen) atoms. The Bertz CT molecular complexity index is 1340. The quantitative estimate of drug-likeness (QED) is 0.303. The van der Waals surface area contributed by atoms with E-state index in [0.717, 1.165) is 16.3 Å². The van der Waals surface area contributed by atoms with E-state index in [2.05, 4.69) is 5.32 Å². The number of carbonyl (C=O) groups excluding carboxylic acids is 2. The normalized spacial score (nSPS) is 12.8. The van der Waals surface area contributed by atoms with Gasteiger partial charge in [0.05, 0.1) is 10.6 Å². The molecule has 208 valence electrons. The number of nitrogens with one attached hydrogen (secondary N) is 1. The second-order valence-corrected chi connectivity index (χ2v) is 11.7. The van der Waals surface area contributed by atoms with E-state index in [9.17, 15) is 18.0 Å². The molecule has 2 amide bonds. The number of amides is 2. The van der Waals surface area contributed by atoms with Crippen molar-refractivity contribution in [3.05, 3.63) is 95.5 Å². The number of benzene rings is 3. The van der Waals surface area contributed by atoms with Crippen LogP contribution in [-0.4, -0.2) is 50.3 Å². The molecule has 2 atom stereocenters. The van der Waals surface area contributed by atoms with Gasteiger partial charge in [0.25, 0.3) is 10.0 Å². The molecule has 1 N–H and O–H groups in total. The Hall–Kier alpha value is -3.36. The molecule has 3 aromatic carbocycles. The van der Waals surface area contributed by atoms with Crippen molar-refractivity contribution >= 4 is 39.1 Å². The maximum atomic E-state index is 14.0. The van der Waals surface area contributed by atoms with Crippen molar-refractivity contribution < 1.29 is 18.0 Å². The van der Waals surface area contributed by atoms with E-state index in [1.54, 1.807) is 36.4 Å². The average molecular weight is 570 g/mol. The Labute approximate surface area is 236 Å². The van der Waals surface area contributed by atoms with Crippen molar-refractivity contribution in [2.24, 2.45) is 0 Å². The van der Waals surface area contributed by atoms with Gasteiger partial charge in [-0.25, -0.2) is 8.42 Å². The van der Waals surface area contributed by atoms with Gasteiger partial charge in [0, 0.05) is 17.6 Å². The van der Waals surface area contributed by atoms with Crippen LogP contribution in [0.4, 0.5) is 5.69 Å². The molecule has 7 nitrogen and oxygen atoms in total. The van der Waals surface area contributed by atoms with Crippen LogP contribution in [0.3, 0.4) is 0 Å². The summed E-state index contributed by atoms with van der Waals surface area (Å²) >= 11 is 6.21. The van der Waals surface area contributed by atoms with Crippen LogP contribution in [0.2, 0.25) is 5.02 Å². The molecule has 3 aromatic rings. The maximum absolute atomic E-state index is 14.0. The molecule has 0 fully saturated rings. The standard InChI is InChI=1S/C30H36ClN3O4S/c1-4-23(3)32-30(36)28(5-2)33(20-19-24-13-8-6-9-14-24)29(35)22-34(26-16-12-15-25(31)21-26)39(37,38)27-17-10-7-11-18-27/h6-18,21,23,28H,4-5,19-20,22H2,1-3H3,(H,32,36)/t23-,28-/m1/s1. The lowest BCUT2D eigenvalue weighted by molar-refractivity contribution is -0.139. The third kappa shape index (κ3) is 8.07. The van der Waals surface area contributed by atoms with Crippen LogP contribution in [-0.2, 0) is 26.0 Å². The zero-order chi connectivity index (χ0) is 28.4. The Morgan fingerprint density at radius 1 is 0.897 bits per heavy atom. The lowest BCUT2D eigenvalue weighted by Crippen LogP contribution is -2.54.